The zero-order valence-corrected chi connectivity index (χ0v) is 14.6. The van der Waals surface area contributed by atoms with Crippen molar-refractivity contribution in [2.24, 2.45) is 0 Å². The van der Waals surface area contributed by atoms with Crippen molar-refractivity contribution in [1.82, 2.24) is 4.90 Å². The van der Waals surface area contributed by atoms with Crippen molar-refractivity contribution < 1.29 is 19.4 Å². The number of methoxy groups -OCH3 is 1. The molecule has 1 amide bonds. The molecule has 3 rings (SSSR count). The summed E-state index contributed by atoms with van der Waals surface area (Å²) in [5.74, 6) is -0.967. The molecule has 26 heavy (non-hydrogen) atoms. The summed E-state index contributed by atoms with van der Waals surface area (Å²) in [6, 6.07) is 14.8. The second-order valence-corrected chi connectivity index (χ2v) is 6.23. The molecule has 0 aromatic heterocycles. The van der Waals surface area contributed by atoms with Crippen LogP contribution in [0.1, 0.15) is 30.0 Å². The number of carboxylic acids is 1. The molecule has 1 atom stereocenters. The van der Waals surface area contributed by atoms with Gasteiger partial charge in [-0.3, -0.25) is 9.69 Å². The largest absolute Gasteiger partial charge is 0.481 e. The number of hydrogen-bond acceptors (Lipinski definition) is 3. The standard InChI is InChI=1S/C21H21NO4/c1-3-8-14(13-19(23)24)22(21(25)26-2)20-17-11-6-4-9-15(17)16-10-5-7-12-18(16)20/h3-7,9-12,14,20H,1,8,13H2,2H3,(H,23,24). The fourth-order valence-corrected chi connectivity index (χ4v) is 3.69. The first kappa shape index (κ1) is 17.7. The predicted octanol–water partition coefficient (Wildman–Crippen LogP) is 4.24. The van der Waals surface area contributed by atoms with E-state index in [-0.39, 0.29) is 12.5 Å². The molecule has 0 spiro atoms. The van der Waals surface area contributed by atoms with Crippen molar-refractivity contribution in [2.75, 3.05) is 7.11 Å². The molecule has 1 unspecified atom stereocenters. The number of aliphatic carboxylic acids is 1. The fraction of sp³-hybridized carbons (Fsp3) is 0.238. The van der Waals surface area contributed by atoms with Crippen LogP contribution in [0.4, 0.5) is 4.79 Å². The van der Waals surface area contributed by atoms with Crippen LogP contribution in [0.3, 0.4) is 0 Å². The molecule has 2 aromatic carbocycles. The van der Waals surface area contributed by atoms with Gasteiger partial charge in [0.15, 0.2) is 0 Å². The molecule has 0 fully saturated rings. The van der Waals surface area contributed by atoms with Crippen LogP contribution >= 0.6 is 0 Å². The lowest BCUT2D eigenvalue weighted by Crippen LogP contribution is -2.43. The van der Waals surface area contributed by atoms with Crippen LogP contribution in [-0.2, 0) is 9.53 Å². The van der Waals surface area contributed by atoms with E-state index >= 15 is 0 Å². The van der Waals surface area contributed by atoms with E-state index in [1.54, 1.807) is 11.0 Å². The van der Waals surface area contributed by atoms with E-state index in [1.807, 2.05) is 48.5 Å². The number of fused-ring (bicyclic) bond motifs is 3. The van der Waals surface area contributed by atoms with E-state index in [2.05, 4.69) is 6.58 Å². The quantitative estimate of drug-likeness (QED) is 0.790. The van der Waals surface area contributed by atoms with Gasteiger partial charge in [0, 0.05) is 6.04 Å². The number of benzene rings is 2. The topological polar surface area (TPSA) is 66.8 Å². The lowest BCUT2D eigenvalue weighted by atomic mass is 9.99. The van der Waals surface area contributed by atoms with Crippen LogP contribution in [0.25, 0.3) is 11.1 Å². The van der Waals surface area contributed by atoms with Gasteiger partial charge in [0.2, 0.25) is 0 Å². The normalized spacial score (nSPS) is 13.4. The molecular weight excluding hydrogens is 330 g/mol. The van der Waals surface area contributed by atoms with Crippen molar-refractivity contribution in [3.63, 3.8) is 0 Å². The Hall–Kier alpha value is -3.08. The zero-order chi connectivity index (χ0) is 18.7. The van der Waals surface area contributed by atoms with E-state index in [4.69, 9.17) is 4.74 Å². The monoisotopic (exact) mass is 351 g/mol. The van der Waals surface area contributed by atoms with Gasteiger partial charge < -0.3 is 9.84 Å². The highest BCUT2D eigenvalue weighted by molar-refractivity contribution is 5.81. The van der Waals surface area contributed by atoms with Gasteiger partial charge in [-0.25, -0.2) is 4.79 Å². The summed E-state index contributed by atoms with van der Waals surface area (Å²) in [5, 5.41) is 9.33. The number of rotatable bonds is 6. The number of carbonyl (C=O) groups excluding carboxylic acids is 1. The van der Waals surface area contributed by atoms with Crippen LogP contribution in [-0.4, -0.2) is 35.2 Å². The zero-order valence-electron chi connectivity index (χ0n) is 14.6. The van der Waals surface area contributed by atoms with Crippen LogP contribution in [0.15, 0.2) is 61.2 Å². The molecule has 1 aliphatic carbocycles. The predicted molar refractivity (Wildman–Crippen MR) is 98.8 cm³/mol. The minimum atomic E-state index is -0.967. The Labute approximate surface area is 152 Å². The lowest BCUT2D eigenvalue weighted by Gasteiger charge is -2.35. The Morgan fingerprint density at radius 1 is 1.15 bits per heavy atom. The number of carbonyl (C=O) groups is 2. The van der Waals surface area contributed by atoms with Gasteiger partial charge >= 0.3 is 12.1 Å². The van der Waals surface area contributed by atoms with E-state index in [0.717, 1.165) is 22.3 Å². The molecule has 2 aromatic rings. The SMILES string of the molecule is C=CCC(CC(=O)O)N(C(=O)OC)C1c2ccccc2-c2ccccc21. The van der Waals surface area contributed by atoms with E-state index < -0.39 is 18.1 Å². The first-order valence-electron chi connectivity index (χ1n) is 8.45. The van der Waals surface area contributed by atoms with Gasteiger partial charge in [0.05, 0.1) is 19.6 Å². The highest BCUT2D eigenvalue weighted by Crippen LogP contribution is 2.47. The first-order chi connectivity index (χ1) is 12.6. The second-order valence-electron chi connectivity index (χ2n) is 6.23. The van der Waals surface area contributed by atoms with Crippen LogP contribution in [0.2, 0.25) is 0 Å². The molecule has 5 nitrogen and oxygen atoms in total. The Bertz CT molecular complexity index is 800. The molecule has 0 radical (unpaired) electrons. The van der Waals surface area contributed by atoms with Crippen molar-refractivity contribution >= 4 is 12.1 Å². The second kappa shape index (κ2) is 7.44. The molecule has 0 heterocycles. The van der Waals surface area contributed by atoms with Gasteiger partial charge in [0.25, 0.3) is 0 Å². The number of ether oxygens (including phenoxy) is 1. The summed E-state index contributed by atoms with van der Waals surface area (Å²) < 4.78 is 5.02. The van der Waals surface area contributed by atoms with Crippen LogP contribution in [0, 0.1) is 0 Å². The summed E-state index contributed by atoms with van der Waals surface area (Å²) in [7, 11) is 1.31. The third-order valence-corrected chi connectivity index (χ3v) is 4.71. The Morgan fingerprint density at radius 2 is 1.69 bits per heavy atom. The Kier molecular flexibility index (Phi) is 5.07. The molecule has 134 valence electrons. The summed E-state index contributed by atoms with van der Waals surface area (Å²) >= 11 is 0. The molecule has 1 aliphatic rings. The Morgan fingerprint density at radius 3 is 2.15 bits per heavy atom. The number of carboxylic acid groups (broad SMARTS) is 1. The van der Waals surface area contributed by atoms with Gasteiger partial charge in [0.1, 0.15) is 0 Å². The maximum Gasteiger partial charge on any atom is 0.410 e. The smallest absolute Gasteiger partial charge is 0.410 e. The van der Waals surface area contributed by atoms with E-state index in [1.165, 1.54) is 7.11 Å². The minimum Gasteiger partial charge on any atom is -0.481 e. The summed E-state index contributed by atoms with van der Waals surface area (Å²) in [6.07, 6.45) is 1.27. The van der Waals surface area contributed by atoms with Crippen molar-refractivity contribution in [2.45, 2.75) is 24.9 Å². The van der Waals surface area contributed by atoms with Gasteiger partial charge in [-0.2, -0.15) is 0 Å². The molecule has 1 N–H and O–H groups in total. The van der Waals surface area contributed by atoms with E-state index in [0.29, 0.717) is 6.42 Å². The van der Waals surface area contributed by atoms with Crippen molar-refractivity contribution in [1.29, 1.82) is 0 Å². The third-order valence-electron chi connectivity index (χ3n) is 4.71. The fourth-order valence-electron chi connectivity index (χ4n) is 3.69. The lowest BCUT2D eigenvalue weighted by molar-refractivity contribution is -0.138. The highest BCUT2D eigenvalue weighted by Gasteiger charge is 2.39. The molecule has 0 aliphatic heterocycles. The van der Waals surface area contributed by atoms with E-state index in [9.17, 15) is 14.7 Å². The van der Waals surface area contributed by atoms with Gasteiger partial charge in [-0.15, -0.1) is 6.58 Å². The van der Waals surface area contributed by atoms with Gasteiger partial charge in [-0.1, -0.05) is 54.6 Å². The van der Waals surface area contributed by atoms with Crippen LogP contribution in [0.5, 0.6) is 0 Å². The minimum absolute atomic E-state index is 0.179. The number of hydrogen-bond donors (Lipinski definition) is 1. The molecule has 0 saturated heterocycles. The van der Waals surface area contributed by atoms with Gasteiger partial charge in [-0.05, 0) is 28.7 Å². The number of nitrogens with zero attached hydrogens (tertiary/aromatic N) is 1. The molecule has 0 saturated carbocycles. The maximum atomic E-state index is 12.7. The third kappa shape index (κ3) is 3.08. The number of amides is 1. The summed E-state index contributed by atoms with van der Waals surface area (Å²) in [6.45, 7) is 3.72. The first-order valence-corrected chi connectivity index (χ1v) is 8.45. The summed E-state index contributed by atoms with van der Waals surface area (Å²) in [4.78, 5) is 25.6. The average molecular weight is 351 g/mol. The molecule has 5 heteroatoms. The van der Waals surface area contributed by atoms with Crippen molar-refractivity contribution in [3.05, 3.63) is 72.3 Å². The summed E-state index contributed by atoms with van der Waals surface area (Å²) in [5.41, 5.74) is 4.04. The van der Waals surface area contributed by atoms with Crippen LogP contribution < -0.4 is 0 Å². The Balaban J connectivity index is 2.16. The molecule has 0 bridgehead atoms. The van der Waals surface area contributed by atoms with Crippen molar-refractivity contribution in [3.8, 4) is 11.1 Å². The maximum absolute atomic E-state index is 12.7. The molecular formula is C21H21NO4. The average Bonchev–Trinajstić information content (AvgIpc) is 2.96. The highest BCUT2D eigenvalue weighted by atomic mass is 16.5.